The molecule has 0 bridgehead atoms. The Morgan fingerprint density at radius 1 is 1.23 bits per heavy atom. The molecule has 0 heterocycles. The molecule has 122 valence electrons. The Morgan fingerprint density at radius 3 is 2.23 bits per heavy atom. The molecule has 0 aliphatic carbocycles. The Morgan fingerprint density at radius 2 is 1.82 bits per heavy atom. The molecule has 1 rings (SSSR count). The molecule has 0 aromatic heterocycles. The summed E-state index contributed by atoms with van der Waals surface area (Å²) in [5.41, 5.74) is -0.845. The van der Waals surface area contributed by atoms with Gasteiger partial charge in [-0.3, -0.25) is 4.79 Å². The van der Waals surface area contributed by atoms with Crippen LogP contribution in [-0.2, 0) is 15.8 Å². The largest absolute Gasteiger partial charge is 0.416 e. The molecule has 0 aliphatic heterocycles. The van der Waals surface area contributed by atoms with Gasteiger partial charge in [0.25, 0.3) is 0 Å². The highest BCUT2D eigenvalue weighted by molar-refractivity contribution is 5.80. The van der Waals surface area contributed by atoms with Crippen molar-refractivity contribution in [3.05, 3.63) is 35.4 Å². The molecule has 0 radical (unpaired) electrons. The summed E-state index contributed by atoms with van der Waals surface area (Å²) in [7, 11) is 0. The van der Waals surface area contributed by atoms with Crippen molar-refractivity contribution in [1.82, 2.24) is 0 Å². The summed E-state index contributed by atoms with van der Waals surface area (Å²) in [6.07, 6.45) is -3.77. The van der Waals surface area contributed by atoms with E-state index in [-0.39, 0.29) is 12.2 Å². The first-order valence-corrected chi connectivity index (χ1v) is 7.09. The predicted octanol–water partition coefficient (Wildman–Crippen LogP) is 4.63. The number of halogens is 3. The first-order valence-electron chi connectivity index (χ1n) is 7.09. The number of rotatable bonds is 5. The molecule has 2 atom stereocenters. The molecule has 0 saturated carbocycles. The van der Waals surface area contributed by atoms with Gasteiger partial charge in [0.1, 0.15) is 12.1 Å². The maximum absolute atomic E-state index is 12.9. The van der Waals surface area contributed by atoms with Gasteiger partial charge in [-0.15, -0.1) is 0 Å². The van der Waals surface area contributed by atoms with Gasteiger partial charge >= 0.3 is 6.18 Å². The normalized spacial score (nSPS) is 15.2. The van der Waals surface area contributed by atoms with E-state index in [4.69, 9.17) is 0 Å². The molecule has 1 unspecified atom stereocenters. The highest BCUT2D eigenvalue weighted by Gasteiger charge is 2.37. The van der Waals surface area contributed by atoms with Crippen molar-refractivity contribution < 1.29 is 22.8 Å². The van der Waals surface area contributed by atoms with Crippen LogP contribution in [0.4, 0.5) is 13.2 Å². The predicted molar refractivity (Wildman–Crippen MR) is 78.5 cm³/mol. The molecule has 1 aromatic rings. The van der Waals surface area contributed by atoms with Crippen LogP contribution < -0.4 is 0 Å². The smallest absolute Gasteiger partial charge is 0.303 e. The number of aldehydes is 1. The van der Waals surface area contributed by atoms with Crippen LogP contribution >= 0.6 is 0 Å². The Kier molecular flexibility index (Phi) is 5.54. The van der Waals surface area contributed by atoms with Gasteiger partial charge in [-0.05, 0) is 24.0 Å². The number of carbonyl (C=O) groups is 2. The van der Waals surface area contributed by atoms with E-state index in [0.717, 1.165) is 12.1 Å². The average Bonchev–Trinajstić information content (AvgIpc) is 2.35. The molecule has 0 N–H and O–H groups in total. The van der Waals surface area contributed by atoms with Gasteiger partial charge in [0.2, 0.25) is 0 Å². The minimum Gasteiger partial charge on any atom is -0.303 e. The first kappa shape index (κ1) is 18.4. The van der Waals surface area contributed by atoms with Crippen molar-refractivity contribution in [2.75, 3.05) is 0 Å². The number of alkyl halides is 3. The third-order valence-electron chi connectivity index (χ3n) is 3.77. The van der Waals surface area contributed by atoms with Crippen LogP contribution in [0.3, 0.4) is 0 Å². The maximum atomic E-state index is 12.9. The summed E-state index contributed by atoms with van der Waals surface area (Å²) in [4.78, 5) is 23.0. The monoisotopic (exact) mass is 314 g/mol. The third-order valence-corrected chi connectivity index (χ3v) is 3.77. The molecule has 22 heavy (non-hydrogen) atoms. The van der Waals surface area contributed by atoms with E-state index >= 15 is 0 Å². The average molecular weight is 314 g/mol. The number of benzene rings is 1. The molecular formula is C17H21F3O2. The zero-order chi connectivity index (χ0) is 17.1. The van der Waals surface area contributed by atoms with Crippen molar-refractivity contribution in [2.45, 2.75) is 46.2 Å². The van der Waals surface area contributed by atoms with Crippen molar-refractivity contribution in [3.63, 3.8) is 0 Å². The van der Waals surface area contributed by atoms with E-state index in [1.165, 1.54) is 13.0 Å². The summed E-state index contributed by atoms with van der Waals surface area (Å²) >= 11 is 0. The van der Waals surface area contributed by atoms with E-state index in [9.17, 15) is 22.8 Å². The molecule has 0 fully saturated rings. The van der Waals surface area contributed by atoms with Gasteiger partial charge in [0, 0.05) is 18.3 Å². The molecule has 0 aliphatic rings. The summed E-state index contributed by atoms with van der Waals surface area (Å²) in [6.45, 7) is 6.97. The fourth-order valence-corrected chi connectivity index (χ4v) is 3.01. The van der Waals surface area contributed by atoms with E-state index in [2.05, 4.69) is 0 Å². The van der Waals surface area contributed by atoms with Gasteiger partial charge in [-0.1, -0.05) is 39.0 Å². The van der Waals surface area contributed by atoms with Crippen LogP contribution in [0.15, 0.2) is 24.3 Å². The third kappa shape index (κ3) is 4.42. The van der Waals surface area contributed by atoms with Crippen LogP contribution in [0.2, 0.25) is 0 Å². The summed E-state index contributed by atoms with van der Waals surface area (Å²) in [5.74, 6) is -1.21. The second kappa shape index (κ2) is 6.63. The lowest BCUT2D eigenvalue weighted by atomic mass is 9.68. The van der Waals surface area contributed by atoms with Gasteiger partial charge in [0.15, 0.2) is 0 Å². The molecular weight excluding hydrogens is 293 g/mol. The Bertz CT molecular complexity index is 542. The Labute approximate surface area is 128 Å². The van der Waals surface area contributed by atoms with Crippen molar-refractivity contribution in [1.29, 1.82) is 0 Å². The number of hydrogen-bond donors (Lipinski definition) is 0. The van der Waals surface area contributed by atoms with Crippen LogP contribution in [0.5, 0.6) is 0 Å². The first-order chi connectivity index (χ1) is 9.98. The zero-order valence-electron chi connectivity index (χ0n) is 13.2. The molecule has 2 nitrogen and oxygen atoms in total. The minimum atomic E-state index is -4.45. The zero-order valence-corrected chi connectivity index (χ0v) is 13.2. The Hall–Kier alpha value is -1.65. The topological polar surface area (TPSA) is 34.1 Å². The summed E-state index contributed by atoms with van der Waals surface area (Å²) < 4.78 is 38.6. The van der Waals surface area contributed by atoms with E-state index in [1.807, 2.05) is 20.8 Å². The fraction of sp³-hybridized carbons (Fsp3) is 0.529. The lowest BCUT2D eigenvalue weighted by Gasteiger charge is -2.35. The van der Waals surface area contributed by atoms with E-state index in [0.29, 0.717) is 11.8 Å². The second-order valence-electron chi connectivity index (χ2n) is 6.59. The van der Waals surface area contributed by atoms with Gasteiger partial charge in [0.05, 0.1) is 5.56 Å². The minimum absolute atomic E-state index is 0.0167. The second-order valence-corrected chi connectivity index (χ2v) is 6.59. The van der Waals surface area contributed by atoms with E-state index < -0.39 is 29.0 Å². The van der Waals surface area contributed by atoms with Gasteiger partial charge < -0.3 is 4.79 Å². The standard InChI is InChI=1S/C17H21F3O2/c1-11(22)15(16(2,3)4)14(8-9-21)12-6-5-7-13(10-12)17(18,19)20/h5-7,9-10,14-15H,8H2,1-4H3/t14-,15?/m0/s1. The van der Waals surface area contributed by atoms with Crippen molar-refractivity contribution in [3.8, 4) is 0 Å². The molecule has 1 aromatic carbocycles. The summed E-state index contributed by atoms with van der Waals surface area (Å²) in [5, 5.41) is 0. The number of carbonyl (C=O) groups excluding carboxylic acids is 2. The number of hydrogen-bond acceptors (Lipinski definition) is 2. The van der Waals surface area contributed by atoms with Crippen molar-refractivity contribution in [2.24, 2.45) is 11.3 Å². The summed E-state index contributed by atoms with van der Waals surface area (Å²) in [6, 6.07) is 4.89. The quantitative estimate of drug-likeness (QED) is 0.743. The maximum Gasteiger partial charge on any atom is 0.416 e. The highest BCUT2D eigenvalue weighted by atomic mass is 19.4. The van der Waals surface area contributed by atoms with Crippen molar-refractivity contribution >= 4 is 12.1 Å². The SMILES string of the molecule is CC(=O)C([C@@H](CC=O)c1cccc(C(F)(F)F)c1)C(C)(C)C. The number of ketones is 1. The lowest BCUT2D eigenvalue weighted by Crippen LogP contribution is -2.33. The van der Waals surface area contributed by atoms with Crippen LogP contribution in [0.1, 0.15) is 51.2 Å². The number of Topliss-reactive ketones (excluding diaryl/α,β-unsaturated/α-hetero) is 1. The molecule has 0 spiro atoms. The van der Waals surface area contributed by atoms with Crippen LogP contribution in [0.25, 0.3) is 0 Å². The van der Waals surface area contributed by atoms with Crippen LogP contribution in [0, 0.1) is 11.3 Å². The highest BCUT2D eigenvalue weighted by Crippen LogP contribution is 2.41. The molecule has 0 saturated heterocycles. The van der Waals surface area contributed by atoms with Gasteiger partial charge in [-0.2, -0.15) is 13.2 Å². The lowest BCUT2D eigenvalue weighted by molar-refractivity contribution is -0.137. The van der Waals surface area contributed by atoms with E-state index in [1.54, 1.807) is 6.07 Å². The van der Waals surface area contributed by atoms with Crippen LogP contribution in [-0.4, -0.2) is 12.1 Å². The Balaban J connectivity index is 3.37. The molecule has 0 amide bonds. The fourth-order valence-electron chi connectivity index (χ4n) is 3.01. The van der Waals surface area contributed by atoms with Gasteiger partial charge in [-0.25, -0.2) is 0 Å². The molecule has 5 heteroatoms.